The third kappa shape index (κ3) is 3.19. The van der Waals surface area contributed by atoms with Crippen molar-refractivity contribution in [1.29, 1.82) is 0 Å². The van der Waals surface area contributed by atoms with E-state index < -0.39 is 0 Å². The van der Waals surface area contributed by atoms with Gasteiger partial charge in [0, 0.05) is 25.7 Å². The lowest BCUT2D eigenvalue weighted by molar-refractivity contribution is 0.415. The number of hydrogen-bond donors (Lipinski definition) is 0. The number of anilines is 1. The number of methoxy groups -OCH3 is 1. The Labute approximate surface area is 136 Å². The lowest BCUT2D eigenvalue weighted by Crippen LogP contribution is -2.09. The SMILES string of the molecule is COc1cc(/C=C\c2ccnc3ccccc23)ccc1N(C)C. The van der Waals surface area contributed by atoms with E-state index in [4.69, 9.17) is 4.74 Å². The van der Waals surface area contributed by atoms with Crippen LogP contribution in [0.15, 0.2) is 54.7 Å². The van der Waals surface area contributed by atoms with Crippen LogP contribution in [-0.4, -0.2) is 26.2 Å². The van der Waals surface area contributed by atoms with E-state index in [1.54, 1.807) is 7.11 Å². The van der Waals surface area contributed by atoms with E-state index in [0.717, 1.165) is 33.5 Å². The van der Waals surface area contributed by atoms with Crippen molar-refractivity contribution in [2.45, 2.75) is 0 Å². The Bertz CT molecular complexity index is 848. The lowest BCUT2D eigenvalue weighted by Gasteiger charge is -2.16. The van der Waals surface area contributed by atoms with Gasteiger partial charge in [-0.2, -0.15) is 0 Å². The summed E-state index contributed by atoms with van der Waals surface area (Å²) >= 11 is 0. The fraction of sp³-hybridized carbons (Fsp3) is 0.150. The first kappa shape index (κ1) is 15.1. The summed E-state index contributed by atoms with van der Waals surface area (Å²) < 4.78 is 5.48. The topological polar surface area (TPSA) is 25.4 Å². The van der Waals surface area contributed by atoms with Crippen LogP contribution in [0.2, 0.25) is 0 Å². The van der Waals surface area contributed by atoms with Crippen molar-refractivity contribution in [1.82, 2.24) is 4.98 Å². The van der Waals surface area contributed by atoms with Crippen LogP contribution >= 0.6 is 0 Å². The van der Waals surface area contributed by atoms with E-state index in [0.29, 0.717) is 0 Å². The van der Waals surface area contributed by atoms with E-state index in [-0.39, 0.29) is 0 Å². The van der Waals surface area contributed by atoms with Gasteiger partial charge in [0.05, 0.1) is 18.3 Å². The summed E-state index contributed by atoms with van der Waals surface area (Å²) in [6.45, 7) is 0. The molecule has 3 rings (SSSR count). The van der Waals surface area contributed by atoms with Crippen LogP contribution in [0, 0.1) is 0 Å². The van der Waals surface area contributed by atoms with Crippen molar-refractivity contribution in [2.75, 3.05) is 26.1 Å². The largest absolute Gasteiger partial charge is 0.495 e. The normalized spacial score (nSPS) is 11.1. The number of hydrogen-bond acceptors (Lipinski definition) is 3. The first-order chi connectivity index (χ1) is 11.2. The molecule has 0 saturated carbocycles. The summed E-state index contributed by atoms with van der Waals surface area (Å²) in [7, 11) is 5.72. The van der Waals surface area contributed by atoms with Gasteiger partial charge in [-0.05, 0) is 35.4 Å². The highest BCUT2D eigenvalue weighted by Gasteiger charge is 2.05. The molecule has 116 valence electrons. The average Bonchev–Trinajstić information content (AvgIpc) is 2.59. The van der Waals surface area contributed by atoms with Crippen LogP contribution in [0.25, 0.3) is 23.1 Å². The Morgan fingerprint density at radius 2 is 1.83 bits per heavy atom. The van der Waals surface area contributed by atoms with E-state index in [1.807, 2.05) is 49.5 Å². The summed E-state index contributed by atoms with van der Waals surface area (Å²) in [6.07, 6.45) is 6.07. The molecule has 1 heterocycles. The Morgan fingerprint density at radius 3 is 2.61 bits per heavy atom. The predicted molar refractivity (Wildman–Crippen MR) is 98.0 cm³/mol. The van der Waals surface area contributed by atoms with E-state index in [1.165, 1.54) is 0 Å². The third-order valence-electron chi connectivity index (χ3n) is 3.82. The molecule has 0 amide bonds. The molecule has 1 aromatic heterocycles. The molecule has 3 nitrogen and oxygen atoms in total. The minimum Gasteiger partial charge on any atom is -0.495 e. The number of para-hydroxylation sites is 1. The first-order valence-corrected chi connectivity index (χ1v) is 7.56. The summed E-state index contributed by atoms with van der Waals surface area (Å²) in [4.78, 5) is 6.44. The highest BCUT2D eigenvalue weighted by Crippen LogP contribution is 2.28. The van der Waals surface area contributed by atoms with Gasteiger partial charge >= 0.3 is 0 Å². The number of aromatic nitrogens is 1. The Balaban J connectivity index is 1.96. The van der Waals surface area contributed by atoms with E-state index >= 15 is 0 Å². The zero-order valence-corrected chi connectivity index (χ0v) is 13.7. The molecule has 0 radical (unpaired) electrons. The number of nitrogens with zero attached hydrogens (tertiary/aromatic N) is 2. The van der Waals surface area contributed by atoms with Gasteiger partial charge in [0.25, 0.3) is 0 Å². The molecule has 23 heavy (non-hydrogen) atoms. The molecule has 0 unspecified atom stereocenters. The molecule has 0 aliphatic rings. The van der Waals surface area contributed by atoms with Gasteiger partial charge in [-0.15, -0.1) is 0 Å². The molecule has 2 aromatic carbocycles. The molecule has 0 atom stereocenters. The molecule has 0 aliphatic heterocycles. The monoisotopic (exact) mass is 304 g/mol. The predicted octanol–water partition coefficient (Wildman–Crippen LogP) is 4.48. The number of ether oxygens (including phenoxy) is 1. The zero-order valence-electron chi connectivity index (χ0n) is 13.7. The number of pyridine rings is 1. The van der Waals surface area contributed by atoms with Gasteiger partial charge < -0.3 is 9.64 Å². The fourth-order valence-electron chi connectivity index (χ4n) is 2.62. The van der Waals surface area contributed by atoms with Crippen LogP contribution in [0.3, 0.4) is 0 Å². The average molecular weight is 304 g/mol. The zero-order chi connectivity index (χ0) is 16.2. The van der Waals surface area contributed by atoms with Gasteiger partial charge in [-0.1, -0.05) is 36.4 Å². The second-order valence-electron chi connectivity index (χ2n) is 5.58. The van der Waals surface area contributed by atoms with Crippen molar-refractivity contribution < 1.29 is 4.74 Å². The van der Waals surface area contributed by atoms with Crippen molar-refractivity contribution in [3.63, 3.8) is 0 Å². The smallest absolute Gasteiger partial charge is 0.142 e. The number of rotatable bonds is 4. The molecule has 3 aromatic rings. The summed E-state index contributed by atoms with van der Waals surface area (Å²) in [6, 6.07) is 16.4. The van der Waals surface area contributed by atoms with Crippen molar-refractivity contribution >= 4 is 28.7 Å². The first-order valence-electron chi connectivity index (χ1n) is 7.56. The standard InChI is InChI=1S/C20H20N2O/c1-22(2)19-11-9-15(14-20(19)23-3)8-10-16-12-13-21-18-7-5-4-6-17(16)18/h4-14H,1-3H3/b10-8-. The van der Waals surface area contributed by atoms with Crippen LogP contribution in [0.1, 0.15) is 11.1 Å². The molecule has 0 aliphatic carbocycles. The molecule has 3 heteroatoms. The summed E-state index contributed by atoms with van der Waals surface area (Å²) in [5, 5.41) is 1.16. The minimum absolute atomic E-state index is 0.872. The van der Waals surface area contributed by atoms with Crippen molar-refractivity contribution in [3.8, 4) is 5.75 Å². The maximum Gasteiger partial charge on any atom is 0.142 e. The molecule has 0 fully saturated rings. The van der Waals surface area contributed by atoms with Crippen LogP contribution in [0.4, 0.5) is 5.69 Å². The quantitative estimate of drug-likeness (QED) is 0.710. The molecule has 0 spiro atoms. The Morgan fingerprint density at radius 1 is 1.00 bits per heavy atom. The summed E-state index contributed by atoms with van der Waals surface area (Å²) in [5.74, 6) is 0.872. The van der Waals surface area contributed by atoms with Crippen molar-refractivity contribution in [2.24, 2.45) is 0 Å². The molecular weight excluding hydrogens is 284 g/mol. The van der Waals surface area contributed by atoms with Gasteiger partial charge in [0.15, 0.2) is 0 Å². The minimum atomic E-state index is 0.872. The molecular formula is C20H20N2O. The fourth-order valence-corrected chi connectivity index (χ4v) is 2.62. The highest BCUT2D eigenvalue weighted by molar-refractivity contribution is 5.90. The maximum atomic E-state index is 5.48. The number of fused-ring (bicyclic) bond motifs is 1. The lowest BCUT2D eigenvalue weighted by atomic mass is 10.1. The third-order valence-corrected chi connectivity index (χ3v) is 3.82. The van der Waals surface area contributed by atoms with Crippen molar-refractivity contribution in [3.05, 3.63) is 65.9 Å². The molecule has 0 bridgehead atoms. The van der Waals surface area contributed by atoms with Gasteiger partial charge in [-0.25, -0.2) is 0 Å². The molecule has 0 N–H and O–H groups in total. The second-order valence-corrected chi connectivity index (χ2v) is 5.58. The van der Waals surface area contributed by atoms with Crippen LogP contribution < -0.4 is 9.64 Å². The van der Waals surface area contributed by atoms with E-state index in [9.17, 15) is 0 Å². The van der Waals surface area contributed by atoms with E-state index in [2.05, 4.69) is 41.4 Å². The van der Waals surface area contributed by atoms with Crippen LogP contribution in [-0.2, 0) is 0 Å². The van der Waals surface area contributed by atoms with Gasteiger partial charge in [-0.3, -0.25) is 4.98 Å². The molecule has 0 saturated heterocycles. The van der Waals surface area contributed by atoms with Gasteiger partial charge in [0.1, 0.15) is 5.75 Å². The Hall–Kier alpha value is -2.81. The highest BCUT2D eigenvalue weighted by atomic mass is 16.5. The maximum absolute atomic E-state index is 5.48. The summed E-state index contributed by atoms with van der Waals surface area (Å²) in [5.41, 5.74) is 4.34. The van der Waals surface area contributed by atoms with Crippen LogP contribution in [0.5, 0.6) is 5.75 Å². The van der Waals surface area contributed by atoms with Gasteiger partial charge in [0.2, 0.25) is 0 Å². The second kappa shape index (κ2) is 6.53. The number of benzene rings is 2. The Kier molecular flexibility index (Phi) is 4.29.